The molecule has 1 fully saturated rings. The average molecular weight is 483 g/mol. The quantitative estimate of drug-likeness (QED) is 0.344. The largest absolute Gasteiger partial charge is 0.378 e. The molecule has 174 valence electrons. The van der Waals surface area contributed by atoms with Crippen LogP contribution in [0.3, 0.4) is 0 Å². The molecule has 6 rings (SSSR count). The Morgan fingerprint density at radius 1 is 1.03 bits per heavy atom. The molecule has 9 heteroatoms. The number of rotatable bonds is 6. The van der Waals surface area contributed by atoms with Crippen molar-refractivity contribution in [2.75, 3.05) is 36.5 Å². The van der Waals surface area contributed by atoms with Gasteiger partial charge in [-0.3, -0.25) is 9.20 Å². The molecule has 5 aromatic rings. The van der Waals surface area contributed by atoms with E-state index in [0.29, 0.717) is 11.5 Å². The second-order valence-electron chi connectivity index (χ2n) is 8.15. The lowest BCUT2D eigenvalue weighted by Crippen LogP contribution is -2.36. The minimum Gasteiger partial charge on any atom is -0.378 e. The summed E-state index contributed by atoms with van der Waals surface area (Å²) in [5.41, 5.74) is 5.91. The molecule has 1 N–H and O–H groups in total. The van der Waals surface area contributed by atoms with Crippen LogP contribution in [0.25, 0.3) is 27.6 Å². The van der Waals surface area contributed by atoms with Crippen LogP contribution in [-0.4, -0.2) is 51.9 Å². The summed E-state index contributed by atoms with van der Waals surface area (Å²) in [5, 5.41) is 5.35. The van der Waals surface area contributed by atoms with Crippen LogP contribution in [0.5, 0.6) is 0 Å². The second kappa shape index (κ2) is 9.28. The van der Waals surface area contributed by atoms with Crippen molar-refractivity contribution in [1.29, 1.82) is 0 Å². The molecule has 0 atom stereocenters. The minimum atomic E-state index is 0.499. The van der Waals surface area contributed by atoms with Crippen LogP contribution in [0.4, 0.5) is 17.3 Å². The number of aldehydes is 1. The molecule has 1 aliphatic rings. The van der Waals surface area contributed by atoms with Crippen LogP contribution < -0.4 is 10.2 Å². The first kappa shape index (κ1) is 21.5. The third kappa shape index (κ3) is 4.27. The molecular weight excluding hydrogens is 460 g/mol. The van der Waals surface area contributed by atoms with Crippen molar-refractivity contribution >= 4 is 39.9 Å². The normalized spacial score (nSPS) is 13.8. The topological polar surface area (TPSA) is 84.7 Å². The molecule has 0 bridgehead atoms. The number of thiazole rings is 1. The van der Waals surface area contributed by atoms with E-state index in [-0.39, 0.29) is 0 Å². The number of imidazole rings is 1. The summed E-state index contributed by atoms with van der Waals surface area (Å²) >= 11 is 1.55. The molecule has 0 amide bonds. The van der Waals surface area contributed by atoms with E-state index in [9.17, 15) is 4.79 Å². The van der Waals surface area contributed by atoms with Gasteiger partial charge in [0, 0.05) is 53.4 Å². The lowest BCUT2D eigenvalue weighted by Gasteiger charge is -2.29. The maximum atomic E-state index is 11.3. The zero-order valence-corrected chi connectivity index (χ0v) is 19.6. The molecule has 3 aromatic heterocycles. The Morgan fingerprint density at radius 3 is 2.80 bits per heavy atom. The number of nitrogens with one attached hydrogen (secondary N) is 1. The van der Waals surface area contributed by atoms with Crippen molar-refractivity contribution in [3.05, 3.63) is 77.9 Å². The first-order valence-electron chi connectivity index (χ1n) is 11.3. The second-order valence-corrected chi connectivity index (χ2v) is 9.02. The fourth-order valence-electron chi connectivity index (χ4n) is 4.27. The van der Waals surface area contributed by atoms with Crippen molar-refractivity contribution in [3.8, 4) is 22.6 Å². The molecule has 2 aromatic carbocycles. The van der Waals surface area contributed by atoms with E-state index in [1.165, 1.54) is 0 Å². The highest BCUT2D eigenvalue weighted by Crippen LogP contribution is 2.34. The molecule has 4 heterocycles. The van der Waals surface area contributed by atoms with E-state index in [0.717, 1.165) is 71.6 Å². The molecule has 0 saturated carbocycles. The zero-order valence-electron chi connectivity index (χ0n) is 18.8. The summed E-state index contributed by atoms with van der Waals surface area (Å²) in [5.74, 6) is 0.499. The number of hydrogen-bond acceptors (Lipinski definition) is 8. The molecule has 0 aliphatic carbocycles. The van der Waals surface area contributed by atoms with Gasteiger partial charge in [-0.1, -0.05) is 24.3 Å². The summed E-state index contributed by atoms with van der Waals surface area (Å²) in [6.45, 7) is 3.23. The monoisotopic (exact) mass is 482 g/mol. The average Bonchev–Trinajstić information content (AvgIpc) is 3.51. The highest BCUT2D eigenvalue weighted by Gasteiger charge is 2.19. The molecule has 1 saturated heterocycles. The Morgan fingerprint density at radius 2 is 1.91 bits per heavy atom. The van der Waals surface area contributed by atoms with Gasteiger partial charge in [0.25, 0.3) is 0 Å². The number of benzene rings is 2. The van der Waals surface area contributed by atoms with Gasteiger partial charge in [-0.2, -0.15) is 0 Å². The lowest BCUT2D eigenvalue weighted by atomic mass is 10.1. The Bertz CT molecular complexity index is 1500. The maximum absolute atomic E-state index is 11.3. The van der Waals surface area contributed by atoms with Gasteiger partial charge in [-0.25, -0.2) is 15.0 Å². The minimum absolute atomic E-state index is 0.499. The van der Waals surface area contributed by atoms with Crippen LogP contribution in [0.1, 0.15) is 10.4 Å². The Labute approximate surface area is 205 Å². The smallest absolute Gasteiger partial charge is 0.227 e. The first-order chi connectivity index (χ1) is 17.3. The van der Waals surface area contributed by atoms with Crippen LogP contribution in [0, 0.1) is 0 Å². The standard InChI is InChI=1S/C26H22N6O2S/c33-17-18-3-1-4-19(15-18)23-24(32-11-14-35-26(32)30-23)22-7-8-27-25(29-22)28-20-5-2-6-21(16-20)31-9-12-34-13-10-31/h1-8,11,14-17H,9-10,12-13H2,(H,27,28,29). The summed E-state index contributed by atoms with van der Waals surface area (Å²) < 4.78 is 7.50. The summed E-state index contributed by atoms with van der Waals surface area (Å²) in [7, 11) is 0. The number of hydrogen-bond donors (Lipinski definition) is 1. The molecule has 8 nitrogen and oxygen atoms in total. The van der Waals surface area contributed by atoms with Gasteiger partial charge in [-0.15, -0.1) is 11.3 Å². The van der Waals surface area contributed by atoms with Gasteiger partial charge < -0.3 is 15.0 Å². The van der Waals surface area contributed by atoms with Crippen LogP contribution in [-0.2, 0) is 4.74 Å². The van der Waals surface area contributed by atoms with Crippen molar-refractivity contribution in [2.24, 2.45) is 0 Å². The van der Waals surface area contributed by atoms with Crippen LogP contribution in [0.2, 0.25) is 0 Å². The predicted molar refractivity (Wildman–Crippen MR) is 138 cm³/mol. The van der Waals surface area contributed by atoms with Crippen molar-refractivity contribution in [1.82, 2.24) is 19.4 Å². The molecule has 0 radical (unpaired) electrons. The number of aromatic nitrogens is 4. The summed E-state index contributed by atoms with van der Waals surface area (Å²) in [6.07, 6.45) is 4.57. The molecule has 0 unspecified atom stereocenters. The van der Waals surface area contributed by atoms with E-state index in [1.54, 1.807) is 23.6 Å². The van der Waals surface area contributed by atoms with Crippen molar-refractivity contribution in [2.45, 2.75) is 0 Å². The van der Waals surface area contributed by atoms with E-state index < -0.39 is 0 Å². The highest BCUT2D eigenvalue weighted by atomic mass is 32.1. The third-order valence-corrected chi connectivity index (χ3v) is 6.69. The highest BCUT2D eigenvalue weighted by molar-refractivity contribution is 7.15. The number of carbonyl (C=O) groups excluding carboxylic acids is 1. The molecule has 35 heavy (non-hydrogen) atoms. The Hall–Kier alpha value is -4.08. The van der Waals surface area contributed by atoms with Crippen LogP contribution in [0.15, 0.2) is 72.4 Å². The summed E-state index contributed by atoms with van der Waals surface area (Å²) in [4.78, 5) is 28.6. The lowest BCUT2D eigenvalue weighted by molar-refractivity contribution is 0.112. The Kier molecular flexibility index (Phi) is 5.69. The van der Waals surface area contributed by atoms with Crippen molar-refractivity contribution < 1.29 is 9.53 Å². The number of fused-ring (bicyclic) bond motifs is 1. The predicted octanol–water partition coefficient (Wildman–Crippen LogP) is 4.91. The van der Waals surface area contributed by atoms with Crippen molar-refractivity contribution in [3.63, 3.8) is 0 Å². The van der Waals surface area contributed by atoms with Gasteiger partial charge in [-0.05, 0) is 30.3 Å². The van der Waals surface area contributed by atoms with Crippen LogP contribution >= 0.6 is 11.3 Å². The fraction of sp³-hybridized carbons (Fsp3) is 0.154. The molecular formula is C26H22N6O2S. The van der Waals surface area contributed by atoms with E-state index in [4.69, 9.17) is 14.7 Å². The third-order valence-electron chi connectivity index (χ3n) is 5.93. The number of nitrogens with zero attached hydrogens (tertiary/aromatic N) is 5. The van der Waals surface area contributed by atoms with Gasteiger partial charge in [0.15, 0.2) is 4.96 Å². The first-order valence-corrected chi connectivity index (χ1v) is 12.2. The van der Waals surface area contributed by atoms with E-state index in [1.807, 2.05) is 52.4 Å². The van der Waals surface area contributed by atoms with Gasteiger partial charge in [0.05, 0.1) is 24.6 Å². The number of ether oxygens (including phenoxy) is 1. The fourth-order valence-corrected chi connectivity index (χ4v) is 4.99. The molecule has 1 aliphatic heterocycles. The van der Waals surface area contributed by atoms with E-state index >= 15 is 0 Å². The van der Waals surface area contributed by atoms with Gasteiger partial charge in [0.2, 0.25) is 5.95 Å². The van der Waals surface area contributed by atoms with E-state index in [2.05, 4.69) is 27.3 Å². The zero-order chi connectivity index (χ0) is 23.6. The van der Waals surface area contributed by atoms with Gasteiger partial charge >= 0.3 is 0 Å². The SMILES string of the molecule is O=Cc1cccc(-c2nc3sccn3c2-c2ccnc(Nc3cccc(N4CCOCC4)c3)n2)c1. The maximum Gasteiger partial charge on any atom is 0.227 e. The van der Waals surface area contributed by atoms with Gasteiger partial charge in [0.1, 0.15) is 12.0 Å². The summed E-state index contributed by atoms with van der Waals surface area (Å²) in [6, 6.07) is 17.6. The number of morpholine rings is 1. The Balaban J connectivity index is 1.36. The number of anilines is 3. The number of carbonyl (C=O) groups is 1. The molecule has 0 spiro atoms.